The highest BCUT2D eigenvalue weighted by Crippen LogP contribution is 2.28. The molecule has 0 spiro atoms. The van der Waals surface area contributed by atoms with Crippen molar-refractivity contribution < 1.29 is 27.7 Å². The molecule has 0 saturated heterocycles. The molecule has 0 heterocycles. The van der Waals surface area contributed by atoms with Gasteiger partial charge in [0.1, 0.15) is 5.75 Å². The molecule has 10 heteroatoms. The molecule has 9 nitrogen and oxygen atoms in total. The molecule has 20 heavy (non-hydrogen) atoms. The zero-order valence-electron chi connectivity index (χ0n) is 10.9. The number of rotatable bonds is 8. The predicted octanol–water partition coefficient (Wildman–Crippen LogP) is 0.460. The SMILES string of the molecule is COCCONS(=O)(=O)c1ccc(OC)cc1[N+](=O)[O-]. The Bertz CT molecular complexity index is 573. The molecule has 0 aliphatic heterocycles. The van der Waals surface area contributed by atoms with Gasteiger partial charge < -0.3 is 9.47 Å². The Morgan fingerprint density at radius 2 is 2.00 bits per heavy atom. The van der Waals surface area contributed by atoms with Gasteiger partial charge in [-0.25, -0.2) is 8.42 Å². The lowest BCUT2D eigenvalue weighted by Gasteiger charge is -2.08. The Hall–Kier alpha value is -1.75. The van der Waals surface area contributed by atoms with Crippen LogP contribution in [0.3, 0.4) is 0 Å². The number of nitrogens with one attached hydrogen (secondary N) is 1. The van der Waals surface area contributed by atoms with E-state index in [1.807, 2.05) is 0 Å². The van der Waals surface area contributed by atoms with E-state index in [1.165, 1.54) is 20.3 Å². The van der Waals surface area contributed by atoms with E-state index >= 15 is 0 Å². The Balaban J connectivity index is 3.02. The number of benzene rings is 1. The molecule has 1 N–H and O–H groups in total. The minimum atomic E-state index is -4.17. The fourth-order valence-corrected chi connectivity index (χ4v) is 2.27. The van der Waals surface area contributed by atoms with E-state index in [0.29, 0.717) is 0 Å². The van der Waals surface area contributed by atoms with Crippen molar-refractivity contribution in [2.24, 2.45) is 0 Å². The third-order valence-electron chi connectivity index (χ3n) is 2.21. The zero-order valence-corrected chi connectivity index (χ0v) is 11.7. The van der Waals surface area contributed by atoms with Gasteiger partial charge in [0.2, 0.25) is 0 Å². The quantitative estimate of drug-likeness (QED) is 0.421. The summed E-state index contributed by atoms with van der Waals surface area (Å²) < 4.78 is 33.3. The molecule has 0 atom stereocenters. The number of sulfonamides is 1. The van der Waals surface area contributed by atoms with Gasteiger partial charge in [0.25, 0.3) is 15.7 Å². The molecule has 0 fully saturated rings. The topological polar surface area (TPSA) is 117 Å². The van der Waals surface area contributed by atoms with Crippen molar-refractivity contribution in [3.63, 3.8) is 0 Å². The van der Waals surface area contributed by atoms with Gasteiger partial charge in [0.15, 0.2) is 4.90 Å². The van der Waals surface area contributed by atoms with Crippen molar-refractivity contribution in [1.29, 1.82) is 0 Å². The van der Waals surface area contributed by atoms with E-state index < -0.39 is 25.5 Å². The molecule has 1 rings (SSSR count). The molecule has 0 aliphatic rings. The maximum absolute atomic E-state index is 11.9. The highest BCUT2D eigenvalue weighted by atomic mass is 32.2. The largest absolute Gasteiger partial charge is 0.497 e. The average Bonchev–Trinajstić information content (AvgIpc) is 2.42. The molecule has 0 aliphatic carbocycles. The number of hydrogen-bond donors (Lipinski definition) is 1. The van der Waals surface area contributed by atoms with E-state index in [4.69, 9.17) is 4.74 Å². The maximum atomic E-state index is 11.9. The molecule has 1 aromatic carbocycles. The van der Waals surface area contributed by atoms with Crippen molar-refractivity contribution in [2.75, 3.05) is 27.4 Å². The lowest BCUT2D eigenvalue weighted by molar-refractivity contribution is -0.387. The lowest BCUT2D eigenvalue weighted by atomic mass is 10.3. The molecular weight excluding hydrogens is 292 g/mol. The van der Waals surface area contributed by atoms with Crippen LogP contribution in [0.25, 0.3) is 0 Å². The second kappa shape index (κ2) is 7.14. The van der Waals surface area contributed by atoms with Gasteiger partial charge in [-0.2, -0.15) is 0 Å². The van der Waals surface area contributed by atoms with Crippen LogP contribution < -0.4 is 9.62 Å². The fraction of sp³-hybridized carbons (Fsp3) is 0.400. The number of ether oxygens (including phenoxy) is 2. The van der Waals surface area contributed by atoms with Crippen LogP contribution in [-0.4, -0.2) is 40.8 Å². The van der Waals surface area contributed by atoms with Crippen LogP contribution in [0.4, 0.5) is 5.69 Å². The normalized spacial score (nSPS) is 11.3. The fourth-order valence-electron chi connectivity index (χ4n) is 1.28. The van der Waals surface area contributed by atoms with Crippen LogP contribution in [0.2, 0.25) is 0 Å². The number of nitro benzene ring substituents is 1. The lowest BCUT2D eigenvalue weighted by Crippen LogP contribution is -2.26. The Morgan fingerprint density at radius 1 is 1.30 bits per heavy atom. The highest BCUT2D eigenvalue weighted by molar-refractivity contribution is 7.89. The maximum Gasteiger partial charge on any atom is 0.293 e. The van der Waals surface area contributed by atoms with Crippen LogP contribution in [0.5, 0.6) is 5.75 Å². The first-order valence-corrected chi connectivity index (χ1v) is 6.85. The molecule has 0 saturated carbocycles. The Labute approximate surface area is 115 Å². The van der Waals surface area contributed by atoms with Crippen molar-refractivity contribution in [2.45, 2.75) is 4.90 Å². The van der Waals surface area contributed by atoms with Crippen LogP contribution in [-0.2, 0) is 19.6 Å². The van der Waals surface area contributed by atoms with Gasteiger partial charge in [0, 0.05) is 7.11 Å². The van der Waals surface area contributed by atoms with Gasteiger partial charge in [-0.05, 0) is 12.1 Å². The van der Waals surface area contributed by atoms with Gasteiger partial charge in [0.05, 0.1) is 31.3 Å². The molecule has 0 bridgehead atoms. The molecule has 0 aromatic heterocycles. The molecule has 0 unspecified atom stereocenters. The third kappa shape index (κ3) is 4.13. The van der Waals surface area contributed by atoms with Crippen LogP contribution in [0.15, 0.2) is 23.1 Å². The summed E-state index contributed by atoms with van der Waals surface area (Å²) in [6.07, 6.45) is 0. The second-order valence-electron chi connectivity index (χ2n) is 3.52. The summed E-state index contributed by atoms with van der Waals surface area (Å²) in [4.78, 5) is 16.0. The Kier molecular flexibility index (Phi) is 5.82. The molecule has 1 aromatic rings. The summed E-state index contributed by atoms with van der Waals surface area (Å²) in [5, 5.41) is 10.9. The van der Waals surface area contributed by atoms with Crippen LogP contribution in [0, 0.1) is 10.1 Å². The predicted molar refractivity (Wildman–Crippen MR) is 67.8 cm³/mol. The summed E-state index contributed by atoms with van der Waals surface area (Å²) in [5.41, 5.74) is -0.604. The summed E-state index contributed by atoms with van der Waals surface area (Å²) >= 11 is 0. The number of nitro groups is 1. The first-order chi connectivity index (χ1) is 9.42. The van der Waals surface area contributed by atoms with Crippen molar-refractivity contribution >= 4 is 15.7 Å². The van der Waals surface area contributed by atoms with E-state index in [1.54, 1.807) is 4.89 Å². The standard InChI is InChI=1S/C10H14N2O7S/c1-17-5-6-19-11-20(15,16)10-4-3-8(18-2)7-9(10)12(13)14/h3-4,7,11H,5-6H2,1-2H3. The summed E-state index contributed by atoms with van der Waals surface area (Å²) in [6, 6.07) is 3.39. The van der Waals surface area contributed by atoms with Crippen LogP contribution in [0.1, 0.15) is 0 Å². The van der Waals surface area contributed by atoms with E-state index in [9.17, 15) is 18.5 Å². The minimum absolute atomic E-state index is 0.0281. The average molecular weight is 306 g/mol. The monoisotopic (exact) mass is 306 g/mol. The van der Waals surface area contributed by atoms with Gasteiger partial charge in [-0.15, -0.1) is 0 Å². The third-order valence-corrected chi connectivity index (χ3v) is 3.47. The highest BCUT2D eigenvalue weighted by Gasteiger charge is 2.26. The first-order valence-electron chi connectivity index (χ1n) is 5.37. The van der Waals surface area contributed by atoms with Crippen LogP contribution >= 0.6 is 0 Å². The van der Waals surface area contributed by atoms with Gasteiger partial charge in [-0.1, -0.05) is 4.89 Å². The minimum Gasteiger partial charge on any atom is -0.497 e. The Morgan fingerprint density at radius 3 is 2.55 bits per heavy atom. The van der Waals surface area contributed by atoms with Crippen molar-refractivity contribution in [3.8, 4) is 5.75 Å². The summed E-state index contributed by atoms with van der Waals surface area (Å²) in [5.74, 6) is 0.177. The first kappa shape index (κ1) is 16.3. The molecular formula is C10H14N2O7S. The van der Waals surface area contributed by atoms with Gasteiger partial charge >= 0.3 is 0 Å². The van der Waals surface area contributed by atoms with Crippen molar-refractivity contribution in [1.82, 2.24) is 4.89 Å². The summed E-state index contributed by atoms with van der Waals surface area (Å²) in [7, 11) is -1.42. The summed E-state index contributed by atoms with van der Waals surface area (Å²) in [6.45, 7) is 0.146. The smallest absolute Gasteiger partial charge is 0.293 e. The molecule has 0 radical (unpaired) electrons. The zero-order chi connectivity index (χ0) is 15.2. The number of nitrogens with zero attached hydrogens (tertiary/aromatic N) is 1. The van der Waals surface area contributed by atoms with E-state index in [0.717, 1.165) is 12.1 Å². The van der Waals surface area contributed by atoms with Gasteiger partial charge in [-0.3, -0.25) is 15.0 Å². The van der Waals surface area contributed by atoms with Crippen molar-refractivity contribution in [3.05, 3.63) is 28.3 Å². The molecule has 112 valence electrons. The van der Waals surface area contributed by atoms with E-state index in [-0.39, 0.29) is 19.0 Å². The number of methoxy groups -OCH3 is 2. The van der Waals surface area contributed by atoms with E-state index in [2.05, 4.69) is 9.57 Å². The number of hydrogen-bond acceptors (Lipinski definition) is 7. The second-order valence-corrected chi connectivity index (χ2v) is 5.13. The molecule has 0 amide bonds.